The van der Waals surface area contributed by atoms with Gasteiger partial charge >= 0.3 is 0 Å². The Morgan fingerprint density at radius 1 is 1.11 bits per heavy atom. The summed E-state index contributed by atoms with van der Waals surface area (Å²) in [4.78, 5) is 0. The first kappa shape index (κ1) is 7.07. The van der Waals surface area contributed by atoms with Crippen LogP contribution in [0.4, 0.5) is 0 Å². The van der Waals surface area contributed by atoms with Crippen LogP contribution in [-0.4, -0.2) is 13.1 Å². The average Bonchev–Trinajstić information content (AvgIpc) is 2.36. The summed E-state index contributed by atoms with van der Waals surface area (Å²) in [5.41, 5.74) is 0. The predicted octanol–water partition coefficient (Wildman–Crippen LogP) is 1.50. The quantitative estimate of drug-likeness (QED) is 0.520. The first-order valence-electron chi connectivity index (χ1n) is 4.10. The fraction of sp³-hybridized carbons (Fsp3) is 1.00. The number of piperidine rings is 1. The number of hydrogen-bond acceptors (Lipinski definition) is 1. The van der Waals surface area contributed by atoms with E-state index in [1.165, 1.54) is 13.1 Å². The molecule has 2 atom stereocenters. The fourth-order valence-corrected chi connectivity index (χ4v) is 1.73. The van der Waals surface area contributed by atoms with Gasteiger partial charge in [0.15, 0.2) is 0 Å². The zero-order valence-electron chi connectivity index (χ0n) is 6.65. The fourth-order valence-electron chi connectivity index (χ4n) is 1.73. The van der Waals surface area contributed by atoms with Crippen LogP contribution in [0.5, 0.6) is 0 Å². The third-order valence-corrected chi connectivity index (χ3v) is 2.52. The highest BCUT2D eigenvalue weighted by Crippen LogP contribution is 2.47. The lowest BCUT2D eigenvalue weighted by molar-refractivity contribution is 0.634. The van der Waals surface area contributed by atoms with Crippen molar-refractivity contribution in [2.45, 2.75) is 20.8 Å². The van der Waals surface area contributed by atoms with Crippen molar-refractivity contribution in [2.75, 3.05) is 13.1 Å². The average molecular weight is 127 g/mol. The van der Waals surface area contributed by atoms with Crippen molar-refractivity contribution >= 4 is 0 Å². The van der Waals surface area contributed by atoms with Gasteiger partial charge in [-0.3, -0.25) is 0 Å². The largest absolute Gasteiger partial charge is 0.316 e. The Hall–Kier alpha value is -0.0400. The van der Waals surface area contributed by atoms with Crippen molar-refractivity contribution in [3.8, 4) is 0 Å². The van der Waals surface area contributed by atoms with E-state index in [9.17, 15) is 0 Å². The maximum Gasteiger partial charge on any atom is -0.00145 e. The van der Waals surface area contributed by atoms with Crippen molar-refractivity contribution in [3.63, 3.8) is 0 Å². The molecule has 2 rings (SSSR count). The van der Waals surface area contributed by atoms with E-state index in [2.05, 4.69) is 12.2 Å². The van der Waals surface area contributed by atoms with Gasteiger partial charge < -0.3 is 5.32 Å². The van der Waals surface area contributed by atoms with E-state index >= 15 is 0 Å². The summed E-state index contributed by atoms with van der Waals surface area (Å²) in [7, 11) is 0. The number of hydrogen-bond donors (Lipinski definition) is 1. The van der Waals surface area contributed by atoms with Gasteiger partial charge in [0.1, 0.15) is 0 Å². The SMILES string of the molecule is CC.CC1C2CNCC12. The zero-order valence-corrected chi connectivity index (χ0v) is 6.65. The molecule has 0 radical (unpaired) electrons. The van der Waals surface area contributed by atoms with Gasteiger partial charge in [0.25, 0.3) is 0 Å². The van der Waals surface area contributed by atoms with Gasteiger partial charge in [0.2, 0.25) is 0 Å². The normalized spacial score (nSPS) is 45.0. The maximum absolute atomic E-state index is 3.35. The minimum absolute atomic E-state index is 1.06. The molecule has 1 aliphatic carbocycles. The summed E-state index contributed by atoms with van der Waals surface area (Å²) in [5.74, 6) is 3.20. The summed E-state index contributed by atoms with van der Waals surface area (Å²) >= 11 is 0. The molecule has 0 aromatic rings. The molecular formula is C8H17N. The van der Waals surface area contributed by atoms with Crippen LogP contribution in [0, 0.1) is 17.8 Å². The van der Waals surface area contributed by atoms with Crippen LogP contribution < -0.4 is 5.32 Å². The second-order valence-electron chi connectivity index (χ2n) is 2.85. The summed E-state index contributed by atoms with van der Waals surface area (Å²) in [6.45, 7) is 8.95. The maximum atomic E-state index is 3.35. The van der Waals surface area contributed by atoms with Gasteiger partial charge in [-0.2, -0.15) is 0 Å². The second kappa shape index (κ2) is 2.70. The molecule has 0 aromatic carbocycles. The monoisotopic (exact) mass is 127 g/mol. The molecule has 0 amide bonds. The van der Waals surface area contributed by atoms with E-state index in [1.54, 1.807) is 0 Å². The molecule has 1 saturated carbocycles. The molecule has 1 saturated heterocycles. The molecule has 0 spiro atoms. The molecule has 2 aliphatic rings. The number of rotatable bonds is 0. The minimum Gasteiger partial charge on any atom is -0.316 e. The third kappa shape index (κ3) is 1.11. The van der Waals surface area contributed by atoms with Gasteiger partial charge in [0, 0.05) is 0 Å². The second-order valence-corrected chi connectivity index (χ2v) is 2.85. The summed E-state index contributed by atoms with van der Waals surface area (Å²) in [6.07, 6.45) is 0. The molecular weight excluding hydrogens is 110 g/mol. The molecule has 1 heterocycles. The number of nitrogens with one attached hydrogen (secondary N) is 1. The molecule has 2 unspecified atom stereocenters. The smallest absolute Gasteiger partial charge is 0.00145 e. The molecule has 0 bridgehead atoms. The van der Waals surface area contributed by atoms with Crippen LogP contribution in [0.25, 0.3) is 0 Å². The molecule has 1 aliphatic heterocycles. The Morgan fingerprint density at radius 2 is 1.56 bits per heavy atom. The van der Waals surface area contributed by atoms with Gasteiger partial charge in [-0.25, -0.2) is 0 Å². The van der Waals surface area contributed by atoms with E-state index < -0.39 is 0 Å². The van der Waals surface area contributed by atoms with Gasteiger partial charge in [-0.1, -0.05) is 20.8 Å². The highest BCUT2D eigenvalue weighted by atomic mass is 15.0. The topological polar surface area (TPSA) is 12.0 Å². The molecule has 1 heteroatoms. The zero-order chi connectivity index (χ0) is 6.85. The lowest BCUT2D eigenvalue weighted by Gasteiger charge is -1.93. The van der Waals surface area contributed by atoms with Crippen LogP contribution >= 0.6 is 0 Å². The Bertz CT molecular complexity index is 80.6. The van der Waals surface area contributed by atoms with Crippen molar-refractivity contribution in [1.29, 1.82) is 0 Å². The van der Waals surface area contributed by atoms with Crippen molar-refractivity contribution in [3.05, 3.63) is 0 Å². The highest BCUT2D eigenvalue weighted by Gasteiger charge is 2.49. The van der Waals surface area contributed by atoms with Crippen LogP contribution in [0.3, 0.4) is 0 Å². The van der Waals surface area contributed by atoms with Crippen LogP contribution in [0.15, 0.2) is 0 Å². The van der Waals surface area contributed by atoms with Crippen molar-refractivity contribution < 1.29 is 0 Å². The molecule has 1 N–H and O–H groups in total. The van der Waals surface area contributed by atoms with Crippen LogP contribution in [0.2, 0.25) is 0 Å². The first-order valence-corrected chi connectivity index (χ1v) is 4.10. The molecule has 9 heavy (non-hydrogen) atoms. The van der Waals surface area contributed by atoms with Crippen LogP contribution in [0.1, 0.15) is 20.8 Å². The Kier molecular flexibility index (Phi) is 2.12. The highest BCUT2D eigenvalue weighted by molar-refractivity contribution is 5.01. The van der Waals surface area contributed by atoms with Gasteiger partial charge in [-0.15, -0.1) is 0 Å². The summed E-state index contributed by atoms with van der Waals surface area (Å²) in [6, 6.07) is 0. The van der Waals surface area contributed by atoms with E-state index in [-0.39, 0.29) is 0 Å². The van der Waals surface area contributed by atoms with E-state index in [0.717, 1.165) is 17.8 Å². The van der Waals surface area contributed by atoms with Crippen molar-refractivity contribution in [2.24, 2.45) is 17.8 Å². The van der Waals surface area contributed by atoms with Gasteiger partial charge in [0.05, 0.1) is 0 Å². The van der Waals surface area contributed by atoms with E-state index in [4.69, 9.17) is 0 Å². The summed E-state index contributed by atoms with van der Waals surface area (Å²) in [5, 5.41) is 3.35. The number of fused-ring (bicyclic) bond motifs is 1. The Labute approximate surface area is 57.8 Å². The molecule has 2 fully saturated rings. The standard InChI is InChI=1S/C6H11N.C2H6/c1-4-5-2-7-3-6(4)5;1-2/h4-7H,2-3H2,1H3;1-2H3. The van der Waals surface area contributed by atoms with Crippen LogP contribution in [-0.2, 0) is 0 Å². The lowest BCUT2D eigenvalue weighted by Crippen LogP contribution is -2.13. The van der Waals surface area contributed by atoms with E-state index in [0.29, 0.717) is 0 Å². The summed E-state index contributed by atoms with van der Waals surface area (Å²) < 4.78 is 0. The lowest BCUT2D eigenvalue weighted by atomic mass is 10.3. The van der Waals surface area contributed by atoms with Gasteiger partial charge in [-0.05, 0) is 30.8 Å². The van der Waals surface area contributed by atoms with E-state index in [1.807, 2.05) is 13.8 Å². The molecule has 1 nitrogen and oxygen atoms in total. The molecule has 54 valence electrons. The van der Waals surface area contributed by atoms with Crippen molar-refractivity contribution in [1.82, 2.24) is 5.32 Å². The third-order valence-electron chi connectivity index (χ3n) is 2.52. The minimum atomic E-state index is 1.06. The molecule has 0 aromatic heterocycles. The Morgan fingerprint density at radius 3 is 1.78 bits per heavy atom. The first-order chi connectivity index (χ1) is 4.39. The predicted molar refractivity (Wildman–Crippen MR) is 40.4 cm³/mol. The Balaban J connectivity index is 0.000000186.